The molecular weight excluding hydrogens is 370 g/mol. The lowest BCUT2D eigenvalue weighted by molar-refractivity contribution is -0.143. The molecule has 2 fully saturated rings. The number of ether oxygens (including phenoxy) is 1. The van der Waals surface area contributed by atoms with E-state index in [-0.39, 0.29) is 11.8 Å². The van der Waals surface area contributed by atoms with Crippen molar-refractivity contribution < 1.29 is 19.4 Å². The minimum atomic E-state index is -0.709. The molecule has 0 saturated carbocycles. The van der Waals surface area contributed by atoms with Gasteiger partial charge in [-0.1, -0.05) is 30.3 Å². The Morgan fingerprint density at radius 1 is 1.21 bits per heavy atom. The van der Waals surface area contributed by atoms with Crippen molar-refractivity contribution >= 4 is 11.8 Å². The number of aromatic nitrogens is 1. The predicted octanol–water partition coefficient (Wildman–Crippen LogP) is 0.976. The van der Waals surface area contributed by atoms with Gasteiger partial charge in [-0.3, -0.25) is 9.59 Å². The molecule has 2 N–H and O–H groups in total. The van der Waals surface area contributed by atoms with Crippen LogP contribution >= 0.6 is 0 Å². The Labute approximate surface area is 170 Å². The van der Waals surface area contributed by atoms with Gasteiger partial charge < -0.3 is 24.6 Å². The molecule has 2 aromatic rings. The maximum absolute atomic E-state index is 13.3. The normalized spacial score (nSPS) is 23.3. The zero-order chi connectivity index (χ0) is 20.4. The van der Waals surface area contributed by atoms with Crippen LogP contribution in [0.25, 0.3) is 0 Å². The van der Waals surface area contributed by atoms with Crippen molar-refractivity contribution in [2.45, 2.75) is 25.0 Å². The van der Waals surface area contributed by atoms with E-state index < -0.39 is 17.6 Å². The summed E-state index contributed by atoms with van der Waals surface area (Å²) in [5.74, 6) is -0.207. The van der Waals surface area contributed by atoms with E-state index >= 15 is 0 Å². The first kappa shape index (κ1) is 19.7. The fourth-order valence-electron chi connectivity index (χ4n) is 4.18. The van der Waals surface area contributed by atoms with E-state index in [1.165, 1.54) is 0 Å². The van der Waals surface area contributed by atoms with E-state index in [2.05, 4.69) is 5.32 Å². The molecule has 1 aromatic carbocycles. The molecule has 0 unspecified atom stereocenters. The number of aliphatic hydroxyl groups excluding tert-OH is 1. The molecule has 0 aliphatic carbocycles. The zero-order valence-electron chi connectivity index (χ0n) is 16.6. The number of carbonyl (C=O) groups excluding carboxylic acids is 2. The molecule has 7 heteroatoms. The summed E-state index contributed by atoms with van der Waals surface area (Å²) in [7, 11) is 1.83. The minimum absolute atomic E-state index is 0.0741. The van der Waals surface area contributed by atoms with Crippen LogP contribution in [0.15, 0.2) is 48.7 Å². The van der Waals surface area contributed by atoms with Gasteiger partial charge in [0.15, 0.2) is 0 Å². The number of nitrogens with one attached hydrogen (secondary N) is 1. The number of rotatable bonds is 5. The van der Waals surface area contributed by atoms with Gasteiger partial charge in [0.05, 0.1) is 24.2 Å². The second-order valence-corrected chi connectivity index (χ2v) is 8.12. The van der Waals surface area contributed by atoms with E-state index in [0.717, 1.165) is 5.56 Å². The van der Waals surface area contributed by atoms with Gasteiger partial charge in [0.25, 0.3) is 5.91 Å². The number of hydrogen-bond acceptors (Lipinski definition) is 4. The molecule has 4 rings (SSSR count). The fraction of sp³-hybridized carbons (Fsp3) is 0.455. The third-order valence-corrected chi connectivity index (χ3v) is 5.94. The lowest BCUT2D eigenvalue weighted by Gasteiger charge is -2.49. The van der Waals surface area contributed by atoms with Crippen LogP contribution in [-0.4, -0.2) is 64.8 Å². The maximum atomic E-state index is 13.3. The van der Waals surface area contributed by atoms with Crippen LogP contribution in [0.2, 0.25) is 0 Å². The molecule has 2 saturated heterocycles. The molecule has 3 heterocycles. The van der Waals surface area contributed by atoms with Crippen LogP contribution in [0.3, 0.4) is 0 Å². The standard InChI is InChI=1S/C22H27N3O4/c1-24-10-5-8-18(24)20(27)25-14-22(15-25,12-16-6-3-2-4-7-16)21(28)23-17-13-29-11-9-19(17)26/h2-8,10,17,19,26H,9,11-15H2,1H3,(H,23,28)/t17-,19+/m1/s1. The van der Waals surface area contributed by atoms with Crippen LogP contribution in [0, 0.1) is 5.41 Å². The first-order valence-corrected chi connectivity index (χ1v) is 10.00. The molecule has 2 amide bonds. The lowest BCUT2D eigenvalue weighted by atomic mass is 9.73. The number of aryl methyl sites for hydroxylation is 1. The summed E-state index contributed by atoms with van der Waals surface area (Å²) in [6, 6.07) is 13.0. The largest absolute Gasteiger partial charge is 0.391 e. The summed E-state index contributed by atoms with van der Waals surface area (Å²) in [6.07, 6.45) is 2.28. The highest BCUT2D eigenvalue weighted by molar-refractivity contribution is 5.96. The number of hydrogen-bond donors (Lipinski definition) is 2. The van der Waals surface area contributed by atoms with E-state index in [4.69, 9.17) is 4.74 Å². The van der Waals surface area contributed by atoms with Gasteiger partial charge in [-0.05, 0) is 30.5 Å². The van der Waals surface area contributed by atoms with Crippen LogP contribution in [0.1, 0.15) is 22.5 Å². The maximum Gasteiger partial charge on any atom is 0.270 e. The number of amides is 2. The molecule has 2 atom stereocenters. The van der Waals surface area contributed by atoms with Gasteiger partial charge in [-0.25, -0.2) is 0 Å². The molecule has 2 aliphatic heterocycles. The van der Waals surface area contributed by atoms with Gasteiger partial charge in [0.2, 0.25) is 5.91 Å². The highest BCUT2D eigenvalue weighted by Gasteiger charge is 2.52. The van der Waals surface area contributed by atoms with E-state index in [1.54, 1.807) is 15.5 Å². The molecule has 0 radical (unpaired) electrons. The number of benzene rings is 1. The second-order valence-electron chi connectivity index (χ2n) is 8.12. The Morgan fingerprint density at radius 2 is 1.97 bits per heavy atom. The van der Waals surface area contributed by atoms with Crippen LogP contribution in [0.5, 0.6) is 0 Å². The highest BCUT2D eigenvalue weighted by Crippen LogP contribution is 2.36. The molecule has 1 aromatic heterocycles. The number of likely N-dealkylation sites (tertiary alicyclic amines) is 1. The minimum Gasteiger partial charge on any atom is -0.391 e. The Hall–Kier alpha value is -2.64. The van der Waals surface area contributed by atoms with Crippen molar-refractivity contribution in [1.29, 1.82) is 0 Å². The summed E-state index contributed by atoms with van der Waals surface area (Å²) in [5.41, 5.74) is 0.947. The van der Waals surface area contributed by atoms with Gasteiger partial charge in [0.1, 0.15) is 5.69 Å². The summed E-state index contributed by atoms with van der Waals surface area (Å²) in [6.45, 7) is 1.50. The topological polar surface area (TPSA) is 83.8 Å². The highest BCUT2D eigenvalue weighted by atomic mass is 16.5. The average molecular weight is 397 g/mol. The third-order valence-electron chi connectivity index (χ3n) is 5.94. The van der Waals surface area contributed by atoms with Crippen molar-refractivity contribution in [3.05, 3.63) is 59.9 Å². The van der Waals surface area contributed by atoms with Crippen LogP contribution in [-0.2, 0) is 23.0 Å². The molecule has 154 valence electrons. The van der Waals surface area contributed by atoms with E-state index in [9.17, 15) is 14.7 Å². The number of nitrogens with zero attached hydrogens (tertiary/aromatic N) is 2. The molecule has 29 heavy (non-hydrogen) atoms. The summed E-state index contributed by atoms with van der Waals surface area (Å²) in [5, 5.41) is 13.2. The molecule has 7 nitrogen and oxygen atoms in total. The SMILES string of the molecule is Cn1cccc1C(=O)N1CC(Cc2ccccc2)(C(=O)N[C@@H]2COCC[C@@H]2O)C1. The van der Waals surface area contributed by atoms with Gasteiger partial charge >= 0.3 is 0 Å². The van der Waals surface area contributed by atoms with E-state index in [1.807, 2.05) is 49.6 Å². The van der Waals surface area contributed by atoms with Crippen molar-refractivity contribution in [2.24, 2.45) is 12.5 Å². The molecule has 2 aliphatic rings. The monoisotopic (exact) mass is 397 g/mol. The van der Waals surface area contributed by atoms with E-state index in [0.29, 0.717) is 44.8 Å². The Balaban J connectivity index is 1.51. The summed E-state index contributed by atoms with van der Waals surface area (Å²) in [4.78, 5) is 27.8. The molecule has 0 spiro atoms. The third kappa shape index (κ3) is 3.93. The summed E-state index contributed by atoms with van der Waals surface area (Å²) >= 11 is 0. The Morgan fingerprint density at radius 3 is 2.62 bits per heavy atom. The van der Waals surface area contributed by atoms with Crippen molar-refractivity contribution in [3.8, 4) is 0 Å². The fourth-order valence-corrected chi connectivity index (χ4v) is 4.18. The van der Waals surface area contributed by atoms with Crippen molar-refractivity contribution in [2.75, 3.05) is 26.3 Å². The second kappa shape index (κ2) is 8.00. The Bertz CT molecular complexity index is 873. The first-order valence-electron chi connectivity index (χ1n) is 10.00. The van der Waals surface area contributed by atoms with Gasteiger partial charge in [0, 0.05) is 32.9 Å². The van der Waals surface area contributed by atoms with Gasteiger partial charge in [-0.2, -0.15) is 0 Å². The number of aliphatic hydroxyl groups is 1. The zero-order valence-corrected chi connectivity index (χ0v) is 16.6. The van der Waals surface area contributed by atoms with Crippen LogP contribution in [0.4, 0.5) is 0 Å². The van der Waals surface area contributed by atoms with Crippen LogP contribution < -0.4 is 5.32 Å². The average Bonchev–Trinajstić information content (AvgIpc) is 3.12. The quantitative estimate of drug-likeness (QED) is 0.788. The summed E-state index contributed by atoms with van der Waals surface area (Å²) < 4.78 is 7.20. The molecule has 0 bridgehead atoms. The first-order chi connectivity index (χ1) is 14.0. The van der Waals surface area contributed by atoms with Crippen molar-refractivity contribution in [3.63, 3.8) is 0 Å². The van der Waals surface area contributed by atoms with Gasteiger partial charge in [-0.15, -0.1) is 0 Å². The number of carbonyl (C=O) groups is 2. The predicted molar refractivity (Wildman–Crippen MR) is 107 cm³/mol. The smallest absolute Gasteiger partial charge is 0.270 e. The Kier molecular flexibility index (Phi) is 5.43. The van der Waals surface area contributed by atoms with Crippen molar-refractivity contribution in [1.82, 2.24) is 14.8 Å². The molecular formula is C22H27N3O4. The lowest BCUT2D eigenvalue weighted by Crippen LogP contribution is -2.67.